The lowest BCUT2D eigenvalue weighted by Crippen LogP contribution is -2.15. The Bertz CT molecular complexity index is 297. The van der Waals surface area contributed by atoms with Crippen LogP contribution in [-0.4, -0.2) is 28.5 Å². The molecule has 1 unspecified atom stereocenters. The highest BCUT2D eigenvalue weighted by atomic mass is 16.5. The average molecular weight is 229 g/mol. The van der Waals surface area contributed by atoms with Gasteiger partial charge >= 0.3 is 0 Å². The summed E-state index contributed by atoms with van der Waals surface area (Å²) < 4.78 is 10.5. The highest BCUT2D eigenvalue weighted by molar-refractivity contribution is 4.95. The Morgan fingerprint density at radius 2 is 2.25 bits per heavy atom. The molecule has 0 fully saturated rings. The van der Waals surface area contributed by atoms with E-state index in [1.54, 1.807) is 0 Å². The molecule has 0 aliphatic rings. The van der Waals surface area contributed by atoms with E-state index in [2.05, 4.69) is 17.1 Å². The van der Waals surface area contributed by atoms with Gasteiger partial charge in [-0.25, -0.2) is 0 Å². The number of rotatable bonds is 7. The van der Waals surface area contributed by atoms with Crippen molar-refractivity contribution >= 4 is 0 Å². The zero-order valence-electron chi connectivity index (χ0n) is 9.72. The van der Waals surface area contributed by atoms with Crippen LogP contribution in [0.2, 0.25) is 0 Å². The summed E-state index contributed by atoms with van der Waals surface area (Å²) in [5, 5.41) is 12.7. The highest BCUT2D eigenvalue weighted by Gasteiger charge is 2.20. The van der Waals surface area contributed by atoms with Crippen LogP contribution in [0.1, 0.15) is 50.6 Å². The quantitative estimate of drug-likeness (QED) is 0.722. The van der Waals surface area contributed by atoms with Crippen molar-refractivity contribution in [3.05, 3.63) is 11.7 Å². The van der Waals surface area contributed by atoms with Gasteiger partial charge in [0.1, 0.15) is 12.1 Å². The van der Waals surface area contributed by atoms with Gasteiger partial charge in [0.05, 0.1) is 6.61 Å². The topological polar surface area (TPSA) is 94.4 Å². The molecule has 1 rings (SSSR count). The van der Waals surface area contributed by atoms with Crippen molar-refractivity contribution in [2.24, 2.45) is 5.73 Å². The molecule has 3 N–H and O–H groups in total. The third-order valence-electron chi connectivity index (χ3n) is 2.18. The van der Waals surface area contributed by atoms with E-state index in [0.29, 0.717) is 12.4 Å². The number of ether oxygens (including phenoxy) is 1. The van der Waals surface area contributed by atoms with E-state index in [9.17, 15) is 0 Å². The van der Waals surface area contributed by atoms with Crippen LogP contribution in [0.3, 0.4) is 0 Å². The first-order valence-corrected chi connectivity index (χ1v) is 5.54. The predicted octanol–water partition coefficient (Wildman–Crippen LogP) is 0.939. The Hall–Kier alpha value is -0.980. The van der Waals surface area contributed by atoms with Crippen LogP contribution in [0.15, 0.2) is 4.52 Å². The van der Waals surface area contributed by atoms with E-state index in [1.165, 1.54) is 0 Å². The first-order chi connectivity index (χ1) is 7.72. The van der Waals surface area contributed by atoms with E-state index >= 15 is 0 Å². The van der Waals surface area contributed by atoms with E-state index in [1.807, 2.05) is 6.92 Å². The Morgan fingerprint density at radius 1 is 1.50 bits per heavy atom. The van der Waals surface area contributed by atoms with Crippen LogP contribution in [0.4, 0.5) is 0 Å². The number of hydrogen-bond acceptors (Lipinski definition) is 6. The maximum atomic E-state index is 8.86. The minimum absolute atomic E-state index is 0.154. The molecule has 0 aliphatic heterocycles. The molecule has 0 bridgehead atoms. The summed E-state index contributed by atoms with van der Waals surface area (Å²) in [4.78, 5) is 4.13. The van der Waals surface area contributed by atoms with Gasteiger partial charge in [-0.3, -0.25) is 0 Å². The van der Waals surface area contributed by atoms with Gasteiger partial charge in [0.2, 0.25) is 11.7 Å². The largest absolute Gasteiger partial charge is 0.394 e. The van der Waals surface area contributed by atoms with Crippen molar-refractivity contribution in [1.82, 2.24) is 10.1 Å². The molecule has 0 radical (unpaired) electrons. The van der Waals surface area contributed by atoms with E-state index < -0.39 is 6.04 Å². The standard InChI is InChI=1S/C10H19N3O3/c1-3-5-8(15-4-2)9-12-10(16-13-9)7(11)6-14/h7-8,14H,3-6,11H2,1-2H3/t7-,8?/m1/s1. The van der Waals surface area contributed by atoms with E-state index in [-0.39, 0.29) is 18.6 Å². The number of aromatic nitrogens is 2. The molecule has 0 amide bonds. The molecule has 1 aromatic rings. The van der Waals surface area contributed by atoms with Crippen LogP contribution >= 0.6 is 0 Å². The minimum atomic E-state index is -0.620. The molecule has 0 saturated heterocycles. The summed E-state index contributed by atoms with van der Waals surface area (Å²) in [6, 6.07) is -0.620. The van der Waals surface area contributed by atoms with Gasteiger partial charge < -0.3 is 20.1 Å². The van der Waals surface area contributed by atoms with Crippen molar-refractivity contribution in [2.75, 3.05) is 13.2 Å². The van der Waals surface area contributed by atoms with Crippen LogP contribution in [0.5, 0.6) is 0 Å². The Labute approximate surface area is 94.8 Å². The third-order valence-corrected chi connectivity index (χ3v) is 2.18. The molecule has 1 aromatic heterocycles. The van der Waals surface area contributed by atoms with E-state index in [0.717, 1.165) is 12.8 Å². The molecule has 0 aliphatic carbocycles. The molecule has 0 spiro atoms. The van der Waals surface area contributed by atoms with Gasteiger partial charge in [-0.2, -0.15) is 4.98 Å². The highest BCUT2D eigenvalue weighted by Crippen LogP contribution is 2.21. The van der Waals surface area contributed by atoms with Gasteiger partial charge in [-0.1, -0.05) is 18.5 Å². The van der Waals surface area contributed by atoms with Crippen LogP contribution < -0.4 is 5.73 Å². The summed E-state index contributed by atoms with van der Waals surface area (Å²) in [7, 11) is 0. The summed E-state index contributed by atoms with van der Waals surface area (Å²) in [5.74, 6) is 0.751. The zero-order chi connectivity index (χ0) is 12.0. The molecule has 16 heavy (non-hydrogen) atoms. The van der Waals surface area contributed by atoms with Gasteiger partial charge in [-0.05, 0) is 13.3 Å². The zero-order valence-corrected chi connectivity index (χ0v) is 9.72. The number of nitrogens with two attached hydrogens (primary N) is 1. The number of aliphatic hydroxyl groups is 1. The molecule has 92 valence electrons. The SMILES string of the molecule is CCCC(OCC)c1noc([C@H](N)CO)n1. The maximum Gasteiger partial charge on any atom is 0.246 e. The lowest BCUT2D eigenvalue weighted by atomic mass is 10.2. The third kappa shape index (κ3) is 3.26. The first-order valence-electron chi connectivity index (χ1n) is 5.54. The van der Waals surface area contributed by atoms with Gasteiger partial charge in [-0.15, -0.1) is 0 Å². The van der Waals surface area contributed by atoms with Crippen LogP contribution in [0, 0.1) is 0 Å². The molecular weight excluding hydrogens is 210 g/mol. The average Bonchev–Trinajstić information content (AvgIpc) is 2.77. The fourth-order valence-corrected chi connectivity index (χ4v) is 1.36. The molecule has 6 heteroatoms. The second-order valence-electron chi connectivity index (χ2n) is 3.51. The second-order valence-corrected chi connectivity index (χ2v) is 3.51. The lowest BCUT2D eigenvalue weighted by molar-refractivity contribution is 0.0477. The van der Waals surface area contributed by atoms with Gasteiger partial charge in [0.15, 0.2) is 0 Å². The van der Waals surface area contributed by atoms with Crippen molar-refractivity contribution < 1.29 is 14.4 Å². The Morgan fingerprint density at radius 3 is 2.81 bits per heavy atom. The number of nitrogens with zero attached hydrogens (tertiary/aromatic N) is 2. The van der Waals surface area contributed by atoms with Gasteiger partial charge in [0.25, 0.3) is 0 Å². The Kier molecular flexibility index (Phi) is 5.37. The van der Waals surface area contributed by atoms with Crippen molar-refractivity contribution in [3.63, 3.8) is 0 Å². The predicted molar refractivity (Wildman–Crippen MR) is 57.6 cm³/mol. The summed E-state index contributed by atoms with van der Waals surface area (Å²) in [5.41, 5.74) is 5.57. The molecule has 6 nitrogen and oxygen atoms in total. The van der Waals surface area contributed by atoms with Crippen molar-refractivity contribution in [2.45, 2.75) is 38.8 Å². The smallest absolute Gasteiger partial charge is 0.246 e. The summed E-state index contributed by atoms with van der Waals surface area (Å²) in [6.07, 6.45) is 1.65. The summed E-state index contributed by atoms with van der Waals surface area (Å²) >= 11 is 0. The van der Waals surface area contributed by atoms with Crippen LogP contribution in [-0.2, 0) is 4.74 Å². The van der Waals surface area contributed by atoms with Gasteiger partial charge in [0, 0.05) is 6.61 Å². The van der Waals surface area contributed by atoms with Crippen molar-refractivity contribution in [3.8, 4) is 0 Å². The monoisotopic (exact) mass is 229 g/mol. The summed E-state index contributed by atoms with van der Waals surface area (Å²) in [6.45, 7) is 4.37. The molecule has 0 saturated carbocycles. The molecule has 2 atom stereocenters. The minimum Gasteiger partial charge on any atom is -0.394 e. The fourth-order valence-electron chi connectivity index (χ4n) is 1.36. The normalized spacial score (nSPS) is 15.0. The van der Waals surface area contributed by atoms with Crippen molar-refractivity contribution in [1.29, 1.82) is 0 Å². The number of aliphatic hydroxyl groups excluding tert-OH is 1. The van der Waals surface area contributed by atoms with Crippen LogP contribution in [0.25, 0.3) is 0 Å². The Balaban J connectivity index is 2.72. The molecular formula is C10H19N3O3. The van der Waals surface area contributed by atoms with E-state index in [4.69, 9.17) is 20.1 Å². The first kappa shape index (κ1) is 13.1. The molecule has 0 aromatic carbocycles. The lowest BCUT2D eigenvalue weighted by Gasteiger charge is -2.11. The fraction of sp³-hybridized carbons (Fsp3) is 0.800. The number of hydrogen-bond donors (Lipinski definition) is 2. The maximum absolute atomic E-state index is 8.86. The molecule has 1 heterocycles. The second kappa shape index (κ2) is 6.57.